The lowest BCUT2D eigenvalue weighted by molar-refractivity contribution is -0.117. The SMILES string of the molecule is Cc1ccc(S(=O)(=O)N(C)c2ccc(C(=O)NS(=O)(=O)c3ccccc3NC(=O)C3CC3)cc2)cc1. The van der Waals surface area contributed by atoms with E-state index in [-0.39, 0.29) is 32.9 Å². The van der Waals surface area contributed by atoms with Gasteiger partial charge in [-0.15, -0.1) is 0 Å². The lowest BCUT2D eigenvalue weighted by Crippen LogP contribution is -2.31. The van der Waals surface area contributed by atoms with Crippen molar-refractivity contribution in [3.05, 3.63) is 83.9 Å². The number of hydrogen-bond donors (Lipinski definition) is 2. The molecule has 1 fully saturated rings. The van der Waals surface area contributed by atoms with E-state index in [0.717, 1.165) is 22.7 Å². The van der Waals surface area contributed by atoms with Gasteiger partial charge in [0.15, 0.2) is 0 Å². The molecule has 0 aliphatic heterocycles. The maximum Gasteiger partial charge on any atom is 0.266 e. The zero-order valence-corrected chi connectivity index (χ0v) is 21.3. The number of sulfonamides is 2. The predicted octanol–water partition coefficient (Wildman–Crippen LogP) is 3.29. The Balaban J connectivity index is 1.50. The Kier molecular flexibility index (Phi) is 6.87. The van der Waals surface area contributed by atoms with E-state index in [1.807, 2.05) is 11.6 Å². The number of nitrogens with zero attached hydrogens (tertiary/aromatic N) is 1. The summed E-state index contributed by atoms with van der Waals surface area (Å²) in [4.78, 5) is 24.7. The van der Waals surface area contributed by atoms with Crippen molar-refractivity contribution in [1.29, 1.82) is 0 Å². The van der Waals surface area contributed by atoms with Crippen molar-refractivity contribution in [2.24, 2.45) is 5.92 Å². The summed E-state index contributed by atoms with van der Waals surface area (Å²) in [5, 5.41) is 2.61. The Bertz CT molecular complexity index is 1510. The number of amides is 2. The minimum Gasteiger partial charge on any atom is -0.325 e. The quantitative estimate of drug-likeness (QED) is 0.462. The number of nitrogens with one attached hydrogen (secondary N) is 2. The molecule has 0 bridgehead atoms. The molecule has 1 aliphatic rings. The van der Waals surface area contributed by atoms with Crippen LogP contribution in [0.15, 0.2) is 82.6 Å². The summed E-state index contributed by atoms with van der Waals surface area (Å²) in [6, 6.07) is 17.8. The average molecular weight is 528 g/mol. The lowest BCUT2D eigenvalue weighted by atomic mass is 10.2. The molecular formula is C25H25N3O6S2. The molecule has 0 heterocycles. The molecule has 0 radical (unpaired) electrons. The third-order valence-corrected chi connectivity index (χ3v) is 8.97. The normalized spacial score (nSPS) is 13.6. The Morgan fingerprint density at radius 3 is 2.08 bits per heavy atom. The summed E-state index contributed by atoms with van der Waals surface area (Å²) < 4.78 is 54.7. The summed E-state index contributed by atoms with van der Waals surface area (Å²) in [5.41, 5.74) is 1.33. The molecule has 0 saturated heterocycles. The maximum absolute atomic E-state index is 12.9. The Morgan fingerprint density at radius 1 is 0.861 bits per heavy atom. The number of aryl methyl sites for hydroxylation is 1. The van der Waals surface area contributed by atoms with Gasteiger partial charge in [-0.1, -0.05) is 29.8 Å². The van der Waals surface area contributed by atoms with Gasteiger partial charge in [0.25, 0.3) is 26.0 Å². The smallest absolute Gasteiger partial charge is 0.266 e. The predicted molar refractivity (Wildman–Crippen MR) is 136 cm³/mol. The molecule has 1 aliphatic carbocycles. The zero-order valence-electron chi connectivity index (χ0n) is 19.6. The molecule has 188 valence electrons. The number of carbonyl (C=O) groups is 2. The van der Waals surface area contributed by atoms with Crippen LogP contribution in [0.4, 0.5) is 11.4 Å². The van der Waals surface area contributed by atoms with Gasteiger partial charge in [0, 0.05) is 18.5 Å². The fourth-order valence-corrected chi connectivity index (χ4v) is 5.78. The average Bonchev–Trinajstić information content (AvgIpc) is 3.70. The standard InChI is InChI=1S/C25H25N3O6S2/c1-17-7-15-21(16-8-17)36(33,34)28(2)20-13-11-19(12-14-20)25(30)27-35(31,32)23-6-4-3-5-22(23)26-24(29)18-9-10-18/h3-8,11-16,18H,9-10H2,1-2H3,(H,26,29)(H,27,30). The third-order valence-electron chi connectivity index (χ3n) is 5.78. The van der Waals surface area contributed by atoms with E-state index in [1.165, 1.54) is 61.6 Å². The fourth-order valence-electron chi connectivity index (χ4n) is 3.45. The molecule has 4 rings (SSSR count). The van der Waals surface area contributed by atoms with E-state index in [1.54, 1.807) is 18.2 Å². The van der Waals surface area contributed by atoms with Crippen molar-refractivity contribution in [1.82, 2.24) is 4.72 Å². The monoisotopic (exact) mass is 527 g/mol. The van der Waals surface area contributed by atoms with Gasteiger partial charge in [0.05, 0.1) is 16.3 Å². The zero-order chi connectivity index (χ0) is 26.1. The largest absolute Gasteiger partial charge is 0.325 e. The van der Waals surface area contributed by atoms with Crippen LogP contribution in [-0.2, 0) is 24.8 Å². The van der Waals surface area contributed by atoms with Crippen LogP contribution in [0.25, 0.3) is 0 Å². The van der Waals surface area contributed by atoms with Gasteiger partial charge in [-0.05, 0) is 68.3 Å². The van der Waals surface area contributed by atoms with Crippen molar-refractivity contribution >= 4 is 43.2 Å². The molecule has 0 spiro atoms. The molecule has 2 N–H and O–H groups in total. The second-order valence-corrected chi connectivity index (χ2v) is 12.1. The van der Waals surface area contributed by atoms with Gasteiger partial charge in [0.1, 0.15) is 4.90 Å². The highest BCUT2D eigenvalue weighted by Gasteiger charge is 2.31. The number of carbonyl (C=O) groups excluding carboxylic acids is 2. The molecule has 0 atom stereocenters. The minimum absolute atomic E-state index is 0.0166. The Labute approximate surface area is 210 Å². The first-order valence-corrected chi connectivity index (χ1v) is 14.0. The van der Waals surface area contributed by atoms with Crippen LogP contribution in [0, 0.1) is 12.8 Å². The molecule has 3 aromatic carbocycles. The van der Waals surface area contributed by atoms with Crippen molar-refractivity contribution < 1.29 is 26.4 Å². The minimum atomic E-state index is -4.30. The lowest BCUT2D eigenvalue weighted by Gasteiger charge is -2.20. The van der Waals surface area contributed by atoms with Crippen molar-refractivity contribution in [2.45, 2.75) is 29.6 Å². The number of hydrogen-bond acceptors (Lipinski definition) is 6. The van der Waals surface area contributed by atoms with Crippen LogP contribution in [0.2, 0.25) is 0 Å². The highest BCUT2D eigenvalue weighted by atomic mass is 32.2. The highest BCUT2D eigenvalue weighted by molar-refractivity contribution is 7.92. The number of para-hydroxylation sites is 1. The van der Waals surface area contributed by atoms with E-state index in [4.69, 9.17) is 0 Å². The molecular weight excluding hydrogens is 502 g/mol. The van der Waals surface area contributed by atoms with E-state index in [9.17, 15) is 26.4 Å². The Morgan fingerprint density at radius 2 is 1.47 bits per heavy atom. The van der Waals surface area contributed by atoms with Gasteiger partial charge >= 0.3 is 0 Å². The first-order valence-electron chi connectivity index (χ1n) is 11.1. The highest BCUT2D eigenvalue weighted by Crippen LogP contribution is 2.31. The van der Waals surface area contributed by atoms with Crippen LogP contribution >= 0.6 is 0 Å². The molecule has 2 amide bonds. The molecule has 9 nitrogen and oxygen atoms in total. The van der Waals surface area contributed by atoms with Crippen molar-refractivity contribution in [3.63, 3.8) is 0 Å². The van der Waals surface area contributed by atoms with Crippen LogP contribution in [0.1, 0.15) is 28.8 Å². The van der Waals surface area contributed by atoms with E-state index < -0.39 is 26.0 Å². The molecule has 36 heavy (non-hydrogen) atoms. The second-order valence-electron chi connectivity index (χ2n) is 8.53. The molecule has 0 aromatic heterocycles. The maximum atomic E-state index is 12.9. The number of anilines is 2. The van der Waals surface area contributed by atoms with Gasteiger partial charge in [-0.3, -0.25) is 13.9 Å². The molecule has 1 saturated carbocycles. The van der Waals surface area contributed by atoms with Gasteiger partial charge < -0.3 is 5.32 Å². The second kappa shape index (κ2) is 9.75. The van der Waals surface area contributed by atoms with Crippen LogP contribution in [0.5, 0.6) is 0 Å². The molecule has 3 aromatic rings. The number of rotatable bonds is 8. The third kappa shape index (κ3) is 5.42. The van der Waals surface area contributed by atoms with Crippen LogP contribution < -0.4 is 14.3 Å². The van der Waals surface area contributed by atoms with Crippen LogP contribution in [-0.4, -0.2) is 35.7 Å². The van der Waals surface area contributed by atoms with E-state index in [2.05, 4.69) is 5.32 Å². The summed E-state index contributed by atoms with van der Waals surface area (Å²) in [6.45, 7) is 1.85. The summed E-state index contributed by atoms with van der Waals surface area (Å²) in [6.07, 6.45) is 1.52. The summed E-state index contributed by atoms with van der Waals surface area (Å²) >= 11 is 0. The first-order chi connectivity index (χ1) is 17.0. The van der Waals surface area contributed by atoms with E-state index in [0.29, 0.717) is 5.69 Å². The molecule has 0 unspecified atom stereocenters. The molecule has 11 heteroatoms. The van der Waals surface area contributed by atoms with Gasteiger partial charge in [0.2, 0.25) is 5.91 Å². The summed E-state index contributed by atoms with van der Waals surface area (Å²) in [7, 11) is -6.73. The topological polar surface area (TPSA) is 130 Å². The van der Waals surface area contributed by atoms with Crippen molar-refractivity contribution in [3.8, 4) is 0 Å². The van der Waals surface area contributed by atoms with E-state index >= 15 is 0 Å². The Hall–Kier alpha value is -3.70. The summed E-state index contributed by atoms with van der Waals surface area (Å²) in [5.74, 6) is -1.28. The fraction of sp³-hybridized carbons (Fsp3) is 0.200. The van der Waals surface area contributed by atoms with Crippen molar-refractivity contribution in [2.75, 3.05) is 16.7 Å². The first kappa shape index (κ1) is 25.4. The number of benzene rings is 3. The van der Waals surface area contributed by atoms with Crippen LogP contribution in [0.3, 0.4) is 0 Å². The van der Waals surface area contributed by atoms with Gasteiger partial charge in [-0.25, -0.2) is 21.6 Å². The van der Waals surface area contributed by atoms with Gasteiger partial charge in [-0.2, -0.15) is 0 Å².